The van der Waals surface area contributed by atoms with Gasteiger partial charge in [0.25, 0.3) is 0 Å². The zero-order valence-corrected chi connectivity index (χ0v) is 12.2. The molecule has 1 aromatic rings. The maximum Gasteiger partial charge on any atom is 0.0472 e. The van der Waals surface area contributed by atoms with Crippen LogP contribution in [0.2, 0.25) is 5.02 Å². The molecule has 0 radical (unpaired) electrons. The third-order valence-electron chi connectivity index (χ3n) is 3.02. The number of hydrogen-bond acceptors (Lipinski definition) is 2. The predicted molar refractivity (Wildman–Crippen MR) is 78.5 cm³/mol. The van der Waals surface area contributed by atoms with E-state index in [1.165, 1.54) is 12.0 Å². The van der Waals surface area contributed by atoms with Gasteiger partial charge >= 0.3 is 0 Å². The highest BCUT2D eigenvalue weighted by Gasteiger charge is 2.10. The van der Waals surface area contributed by atoms with E-state index in [4.69, 9.17) is 16.3 Å². The van der Waals surface area contributed by atoms with Gasteiger partial charge in [-0.05, 0) is 43.5 Å². The molecule has 0 saturated heterocycles. The Hall–Kier alpha value is -0.570. The van der Waals surface area contributed by atoms with Crippen molar-refractivity contribution in [1.82, 2.24) is 5.32 Å². The molecule has 102 valence electrons. The van der Waals surface area contributed by atoms with E-state index in [9.17, 15) is 0 Å². The number of benzene rings is 1. The predicted octanol–water partition coefficient (Wildman–Crippen LogP) is 3.85. The number of ether oxygens (including phenoxy) is 1. The molecule has 0 aliphatic rings. The molecule has 0 aliphatic carbocycles. The monoisotopic (exact) mass is 269 g/mol. The van der Waals surface area contributed by atoms with E-state index in [-0.39, 0.29) is 0 Å². The zero-order valence-electron chi connectivity index (χ0n) is 11.4. The smallest absolute Gasteiger partial charge is 0.0472 e. The second-order valence-electron chi connectivity index (χ2n) is 4.56. The molecule has 0 heterocycles. The van der Waals surface area contributed by atoms with Crippen LogP contribution in [0.25, 0.3) is 0 Å². The molecule has 0 spiro atoms. The molecule has 1 aromatic carbocycles. The minimum atomic E-state index is 0.468. The first-order valence-electron chi connectivity index (χ1n) is 6.75. The molecule has 18 heavy (non-hydrogen) atoms. The van der Waals surface area contributed by atoms with Crippen LogP contribution in [0.3, 0.4) is 0 Å². The highest BCUT2D eigenvalue weighted by molar-refractivity contribution is 6.30. The highest BCUT2D eigenvalue weighted by Crippen LogP contribution is 2.22. The summed E-state index contributed by atoms with van der Waals surface area (Å²) in [5.41, 5.74) is 1.29. The van der Waals surface area contributed by atoms with Crippen molar-refractivity contribution < 1.29 is 4.74 Å². The second kappa shape index (κ2) is 9.37. The molecular formula is C15H24ClNO. The van der Waals surface area contributed by atoms with Crippen molar-refractivity contribution in [3.05, 3.63) is 34.9 Å². The molecule has 0 saturated carbocycles. The number of hydrogen-bond donors (Lipinski definition) is 1. The number of nitrogens with one attached hydrogen (secondary N) is 1. The van der Waals surface area contributed by atoms with Crippen LogP contribution in [-0.2, 0) is 4.74 Å². The number of unbranched alkanes of at least 4 members (excludes halogenated alkanes) is 1. The number of likely N-dealkylation sites (N-methyl/N-ethyl adjacent to an activating group) is 1. The van der Waals surface area contributed by atoms with Crippen molar-refractivity contribution in [3.63, 3.8) is 0 Å². The van der Waals surface area contributed by atoms with Gasteiger partial charge in [0.2, 0.25) is 0 Å². The molecule has 2 nitrogen and oxygen atoms in total. The average Bonchev–Trinajstić information content (AvgIpc) is 2.37. The summed E-state index contributed by atoms with van der Waals surface area (Å²) in [5, 5.41) is 4.05. The third kappa shape index (κ3) is 5.85. The molecule has 0 aliphatic heterocycles. The minimum Gasteiger partial charge on any atom is -0.381 e. The van der Waals surface area contributed by atoms with E-state index in [0.29, 0.717) is 5.92 Å². The fraction of sp³-hybridized carbons (Fsp3) is 0.600. The Balaban J connectivity index is 2.44. The summed E-state index contributed by atoms with van der Waals surface area (Å²) in [5.74, 6) is 0.468. The van der Waals surface area contributed by atoms with Gasteiger partial charge in [-0.2, -0.15) is 0 Å². The van der Waals surface area contributed by atoms with E-state index in [1.54, 1.807) is 0 Å². The largest absolute Gasteiger partial charge is 0.381 e. The molecular weight excluding hydrogens is 246 g/mol. The second-order valence-corrected chi connectivity index (χ2v) is 5.00. The fourth-order valence-corrected chi connectivity index (χ4v) is 2.17. The summed E-state index contributed by atoms with van der Waals surface area (Å²) < 4.78 is 5.64. The van der Waals surface area contributed by atoms with Gasteiger partial charge in [0.1, 0.15) is 0 Å². The highest BCUT2D eigenvalue weighted by atomic mass is 35.5. The van der Waals surface area contributed by atoms with Gasteiger partial charge < -0.3 is 10.1 Å². The van der Waals surface area contributed by atoms with Gasteiger partial charge in [-0.25, -0.2) is 0 Å². The Bertz CT molecular complexity index is 330. The van der Waals surface area contributed by atoms with Gasteiger partial charge in [-0.15, -0.1) is 0 Å². The quantitative estimate of drug-likeness (QED) is 0.688. The van der Waals surface area contributed by atoms with Gasteiger partial charge in [-0.1, -0.05) is 37.1 Å². The van der Waals surface area contributed by atoms with Crippen LogP contribution in [0.1, 0.15) is 37.7 Å². The Morgan fingerprint density at radius 1 is 1.33 bits per heavy atom. The Morgan fingerprint density at radius 2 is 2.17 bits per heavy atom. The molecule has 1 N–H and O–H groups in total. The van der Waals surface area contributed by atoms with Crippen LogP contribution < -0.4 is 5.32 Å². The molecule has 1 atom stereocenters. The fourth-order valence-electron chi connectivity index (χ4n) is 1.97. The van der Waals surface area contributed by atoms with Gasteiger partial charge in [0, 0.05) is 24.8 Å². The molecule has 0 amide bonds. The lowest BCUT2D eigenvalue weighted by molar-refractivity contribution is 0.124. The lowest BCUT2D eigenvalue weighted by Crippen LogP contribution is -2.19. The van der Waals surface area contributed by atoms with Gasteiger partial charge in [0.05, 0.1) is 0 Å². The van der Waals surface area contributed by atoms with E-state index >= 15 is 0 Å². The molecule has 1 unspecified atom stereocenters. The number of rotatable bonds is 9. The Morgan fingerprint density at radius 3 is 2.83 bits per heavy atom. The van der Waals surface area contributed by atoms with E-state index in [2.05, 4.69) is 24.4 Å². The number of halogens is 1. The first-order valence-corrected chi connectivity index (χ1v) is 7.13. The van der Waals surface area contributed by atoms with Crippen molar-refractivity contribution >= 4 is 11.6 Å². The van der Waals surface area contributed by atoms with Crippen molar-refractivity contribution in [2.45, 2.75) is 32.1 Å². The Labute approximate surface area is 116 Å². The maximum atomic E-state index is 6.04. The minimum absolute atomic E-state index is 0.468. The zero-order chi connectivity index (χ0) is 13.2. The summed E-state index contributed by atoms with van der Waals surface area (Å²) >= 11 is 6.04. The van der Waals surface area contributed by atoms with Crippen LogP contribution >= 0.6 is 11.6 Å². The van der Waals surface area contributed by atoms with Crippen LogP contribution in [0.5, 0.6) is 0 Å². The normalized spacial score (nSPS) is 12.6. The molecule has 0 bridgehead atoms. The topological polar surface area (TPSA) is 21.3 Å². The lowest BCUT2D eigenvalue weighted by Gasteiger charge is -2.17. The molecule has 0 fully saturated rings. The first-order chi connectivity index (χ1) is 8.77. The summed E-state index contributed by atoms with van der Waals surface area (Å²) in [6, 6.07) is 8.12. The lowest BCUT2D eigenvalue weighted by atomic mass is 9.96. The molecule has 0 aromatic heterocycles. The van der Waals surface area contributed by atoms with E-state index < -0.39 is 0 Å². The van der Waals surface area contributed by atoms with Gasteiger partial charge in [-0.3, -0.25) is 0 Å². The van der Waals surface area contributed by atoms with Crippen molar-refractivity contribution in [3.8, 4) is 0 Å². The average molecular weight is 270 g/mol. The molecule has 3 heteroatoms. The summed E-state index contributed by atoms with van der Waals surface area (Å²) in [6.45, 7) is 4.83. The van der Waals surface area contributed by atoms with E-state index in [0.717, 1.165) is 37.6 Å². The van der Waals surface area contributed by atoms with Gasteiger partial charge in [0.15, 0.2) is 0 Å². The maximum absolute atomic E-state index is 6.04. The van der Waals surface area contributed by atoms with Crippen LogP contribution in [-0.4, -0.2) is 26.8 Å². The summed E-state index contributed by atoms with van der Waals surface area (Å²) in [6.07, 6.45) is 3.37. The standard InChI is InChI=1S/C15H24ClNO/c1-3-4-9-18-10-8-14(12-17-2)13-6-5-7-15(16)11-13/h5-7,11,14,17H,3-4,8-10,12H2,1-2H3. The van der Waals surface area contributed by atoms with E-state index in [1.807, 2.05) is 19.2 Å². The van der Waals surface area contributed by atoms with Crippen molar-refractivity contribution in [1.29, 1.82) is 0 Å². The van der Waals surface area contributed by atoms with Crippen molar-refractivity contribution in [2.75, 3.05) is 26.8 Å². The summed E-state index contributed by atoms with van der Waals surface area (Å²) in [7, 11) is 1.98. The van der Waals surface area contributed by atoms with Crippen LogP contribution in [0, 0.1) is 0 Å². The summed E-state index contributed by atoms with van der Waals surface area (Å²) in [4.78, 5) is 0. The molecule has 1 rings (SSSR count). The van der Waals surface area contributed by atoms with Crippen LogP contribution in [0.4, 0.5) is 0 Å². The first kappa shape index (κ1) is 15.5. The van der Waals surface area contributed by atoms with Crippen molar-refractivity contribution in [2.24, 2.45) is 0 Å². The third-order valence-corrected chi connectivity index (χ3v) is 3.26. The Kier molecular flexibility index (Phi) is 8.06. The SMILES string of the molecule is CCCCOCCC(CNC)c1cccc(Cl)c1. The van der Waals surface area contributed by atoms with Crippen LogP contribution in [0.15, 0.2) is 24.3 Å².